The highest BCUT2D eigenvalue weighted by molar-refractivity contribution is 5.91. The zero-order valence-corrected chi connectivity index (χ0v) is 15.5. The fourth-order valence-electron chi connectivity index (χ4n) is 2.29. The van der Waals surface area contributed by atoms with E-state index in [-0.39, 0.29) is 42.8 Å². The van der Waals surface area contributed by atoms with Crippen LogP contribution in [0.4, 0.5) is 0 Å². The largest absolute Gasteiger partial charge is 0.504 e. The molecule has 3 rings (SSSR count). The third kappa shape index (κ3) is 4.39. The number of nitrogens with two attached hydrogens (primary N) is 1. The Kier molecular flexibility index (Phi) is 6.43. The summed E-state index contributed by atoms with van der Waals surface area (Å²) < 4.78 is 15.8. The Morgan fingerprint density at radius 1 is 1.37 bits per heavy atom. The van der Waals surface area contributed by atoms with Crippen LogP contribution in [0.5, 0.6) is 11.5 Å². The lowest BCUT2D eigenvalue weighted by Crippen LogP contribution is -2.23. The van der Waals surface area contributed by atoms with E-state index in [0.29, 0.717) is 28.7 Å². The van der Waals surface area contributed by atoms with E-state index in [1.165, 1.54) is 19.4 Å². The van der Waals surface area contributed by atoms with E-state index in [4.69, 9.17) is 19.3 Å². The van der Waals surface area contributed by atoms with Crippen molar-refractivity contribution in [2.45, 2.75) is 20.0 Å². The lowest BCUT2D eigenvalue weighted by atomic mass is 10.2. The number of phenols is 1. The number of phenolic OH excluding ortho intramolecular Hbond substituents is 1. The monoisotopic (exact) mass is 394 g/mol. The molecule has 27 heavy (non-hydrogen) atoms. The molecule has 0 unspecified atom stereocenters. The fourth-order valence-corrected chi connectivity index (χ4v) is 2.29. The molecule has 2 heterocycles. The molecule has 0 aliphatic carbocycles. The van der Waals surface area contributed by atoms with Crippen molar-refractivity contribution in [2.24, 2.45) is 5.73 Å². The number of halogens is 1. The molecule has 3 aromatic rings. The number of aryl methyl sites for hydroxylation is 1. The molecule has 1 aromatic carbocycles. The summed E-state index contributed by atoms with van der Waals surface area (Å²) in [6.07, 6.45) is 1.25. The SMILES string of the molecule is COc1cc(-c2nc(CNC(=O)c3coc(CN)n3)c(C)o2)ccc1O.Cl. The van der Waals surface area contributed by atoms with Crippen molar-refractivity contribution < 1.29 is 23.5 Å². The summed E-state index contributed by atoms with van der Waals surface area (Å²) in [5.74, 6) is 1.15. The highest BCUT2D eigenvalue weighted by atomic mass is 35.5. The highest BCUT2D eigenvalue weighted by Crippen LogP contribution is 2.31. The van der Waals surface area contributed by atoms with E-state index >= 15 is 0 Å². The van der Waals surface area contributed by atoms with Crippen LogP contribution < -0.4 is 15.8 Å². The number of aromatic hydroxyl groups is 1. The third-order valence-electron chi connectivity index (χ3n) is 3.69. The Morgan fingerprint density at radius 3 is 2.81 bits per heavy atom. The maximum Gasteiger partial charge on any atom is 0.273 e. The minimum absolute atomic E-state index is 0. The second kappa shape index (κ2) is 8.56. The van der Waals surface area contributed by atoms with Gasteiger partial charge in [0.15, 0.2) is 17.2 Å². The number of ether oxygens (including phenoxy) is 1. The molecule has 1 amide bonds. The number of rotatable bonds is 6. The molecule has 0 radical (unpaired) electrons. The number of methoxy groups -OCH3 is 1. The average Bonchev–Trinajstić information content (AvgIpc) is 3.27. The third-order valence-corrected chi connectivity index (χ3v) is 3.69. The number of aromatic nitrogens is 2. The number of nitrogens with zero attached hydrogens (tertiary/aromatic N) is 2. The van der Waals surface area contributed by atoms with Crippen molar-refractivity contribution in [2.75, 3.05) is 7.11 Å². The summed E-state index contributed by atoms with van der Waals surface area (Å²) in [6, 6.07) is 4.77. The maximum absolute atomic E-state index is 12.1. The number of nitrogens with one attached hydrogen (secondary N) is 1. The number of hydrogen-bond acceptors (Lipinski definition) is 8. The van der Waals surface area contributed by atoms with E-state index in [1.807, 2.05) is 0 Å². The molecule has 144 valence electrons. The molecule has 0 bridgehead atoms. The average molecular weight is 395 g/mol. The van der Waals surface area contributed by atoms with E-state index < -0.39 is 5.91 Å². The van der Waals surface area contributed by atoms with Gasteiger partial charge in [-0.25, -0.2) is 9.97 Å². The molecule has 10 heteroatoms. The van der Waals surface area contributed by atoms with Gasteiger partial charge in [-0.1, -0.05) is 0 Å². The normalized spacial score (nSPS) is 10.3. The van der Waals surface area contributed by atoms with Gasteiger partial charge in [0, 0.05) is 5.56 Å². The first-order chi connectivity index (χ1) is 12.5. The standard InChI is InChI=1S/C17H18N4O5.ClH/c1-9-11(7-19-16(23)12-8-25-15(6-18)20-12)21-17(26-9)10-3-4-13(22)14(5-10)24-2;/h3-5,8,22H,6-7,18H2,1-2H3,(H,19,23);1H. The molecule has 0 saturated carbocycles. The van der Waals surface area contributed by atoms with Crippen molar-refractivity contribution in [1.82, 2.24) is 15.3 Å². The van der Waals surface area contributed by atoms with Crippen LogP contribution in [0.25, 0.3) is 11.5 Å². The highest BCUT2D eigenvalue weighted by Gasteiger charge is 2.16. The minimum Gasteiger partial charge on any atom is -0.504 e. The molecule has 0 spiro atoms. The first-order valence-electron chi connectivity index (χ1n) is 7.78. The second-order valence-corrected chi connectivity index (χ2v) is 5.42. The smallest absolute Gasteiger partial charge is 0.273 e. The molecule has 0 atom stereocenters. The molecular formula is C17H19ClN4O5. The first-order valence-corrected chi connectivity index (χ1v) is 7.78. The first kappa shape index (κ1) is 20.3. The van der Waals surface area contributed by atoms with Crippen LogP contribution in [0, 0.1) is 6.92 Å². The van der Waals surface area contributed by atoms with Crippen LogP contribution in [0.15, 0.2) is 33.3 Å². The van der Waals surface area contributed by atoms with Gasteiger partial charge in [-0.2, -0.15) is 0 Å². The second-order valence-electron chi connectivity index (χ2n) is 5.42. The van der Waals surface area contributed by atoms with Crippen molar-refractivity contribution >= 4 is 18.3 Å². The summed E-state index contributed by atoms with van der Waals surface area (Å²) in [6.45, 7) is 2.03. The Labute approximate surface area is 161 Å². The quantitative estimate of drug-likeness (QED) is 0.578. The Balaban J connectivity index is 0.00000261. The van der Waals surface area contributed by atoms with Crippen molar-refractivity contribution in [3.63, 3.8) is 0 Å². The van der Waals surface area contributed by atoms with Crippen molar-refractivity contribution in [3.05, 3.63) is 47.5 Å². The van der Waals surface area contributed by atoms with Gasteiger partial charge >= 0.3 is 0 Å². The lowest BCUT2D eigenvalue weighted by molar-refractivity contribution is 0.0945. The predicted molar refractivity (Wildman–Crippen MR) is 97.7 cm³/mol. The summed E-state index contributed by atoms with van der Waals surface area (Å²) >= 11 is 0. The van der Waals surface area contributed by atoms with Crippen LogP contribution in [0.3, 0.4) is 0 Å². The zero-order chi connectivity index (χ0) is 18.7. The molecule has 0 fully saturated rings. The Morgan fingerprint density at radius 2 is 2.15 bits per heavy atom. The van der Waals surface area contributed by atoms with E-state index in [9.17, 15) is 9.90 Å². The van der Waals surface area contributed by atoms with Crippen LogP contribution in [0.2, 0.25) is 0 Å². The van der Waals surface area contributed by atoms with E-state index in [0.717, 1.165) is 0 Å². The topological polar surface area (TPSA) is 137 Å². The number of benzene rings is 1. The van der Waals surface area contributed by atoms with Gasteiger partial charge < -0.3 is 29.7 Å². The number of oxazole rings is 2. The molecule has 0 aliphatic rings. The molecular weight excluding hydrogens is 376 g/mol. The van der Waals surface area contributed by atoms with Crippen LogP contribution in [0.1, 0.15) is 27.8 Å². The van der Waals surface area contributed by atoms with E-state index in [1.54, 1.807) is 19.1 Å². The van der Waals surface area contributed by atoms with Gasteiger partial charge in [0.05, 0.1) is 20.2 Å². The molecule has 0 saturated heterocycles. The number of hydrogen-bond donors (Lipinski definition) is 3. The summed E-state index contributed by atoms with van der Waals surface area (Å²) in [7, 11) is 1.46. The van der Waals surface area contributed by atoms with Crippen LogP contribution >= 0.6 is 12.4 Å². The van der Waals surface area contributed by atoms with Crippen molar-refractivity contribution in [1.29, 1.82) is 0 Å². The van der Waals surface area contributed by atoms with Crippen molar-refractivity contribution in [3.8, 4) is 23.0 Å². The fraction of sp³-hybridized carbons (Fsp3) is 0.235. The zero-order valence-electron chi connectivity index (χ0n) is 14.7. The van der Waals surface area contributed by atoms with E-state index in [2.05, 4.69) is 15.3 Å². The summed E-state index contributed by atoms with van der Waals surface area (Å²) in [5, 5.41) is 12.4. The van der Waals surface area contributed by atoms with Gasteiger partial charge in [-0.3, -0.25) is 4.79 Å². The summed E-state index contributed by atoms with van der Waals surface area (Å²) in [4.78, 5) is 20.4. The van der Waals surface area contributed by atoms with Gasteiger partial charge in [-0.15, -0.1) is 12.4 Å². The Hall–Kier alpha value is -3.04. The van der Waals surface area contributed by atoms with Crippen LogP contribution in [-0.4, -0.2) is 28.1 Å². The number of amides is 1. The van der Waals surface area contributed by atoms with Gasteiger partial charge in [0.25, 0.3) is 5.91 Å². The maximum atomic E-state index is 12.1. The van der Waals surface area contributed by atoms with Gasteiger partial charge in [0.1, 0.15) is 17.7 Å². The number of carbonyl (C=O) groups excluding carboxylic acids is 1. The minimum atomic E-state index is -0.399. The molecule has 9 nitrogen and oxygen atoms in total. The molecule has 2 aromatic heterocycles. The Bertz CT molecular complexity index is 937. The summed E-state index contributed by atoms with van der Waals surface area (Å²) in [5.41, 5.74) is 6.76. The van der Waals surface area contributed by atoms with Crippen LogP contribution in [-0.2, 0) is 13.1 Å². The van der Waals surface area contributed by atoms with Gasteiger partial charge in [0.2, 0.25) is 11.8 Å². The number of carbonyl (C=O) groups is 1. The molecule has 0 aliphatic heterocycles. The molecule has 4 N–H and O–H groups in total. The van der Waals surface area contributed by atoms with Gasteiger partial charge in [-0.05, 0) is 25.1 Å². The lowest BCUT2D eigenvalue weighted by Gasteiger charge is -2.03. The predicted octanol–water partition coefficient (Wildman–Crippen LogP) is 2.16.